The van der Waals surface area contributed by atoms with Gasteiger partial charge in [-0.05, 0) is 122 Å². The predicted molar refractivity (Wildman–Crippen MR) is 251 cm³/mol. The second-order valence-electron chi connectivity index (χ2n) is 15.9. The number of nitrogens with one attached hydrogen (secondary N) is 1. The molecule has 0 aliphatic rings. The summed E-state index contributed by atoms with van der Waals surface area (Å²) >= 11 is 0. The molecular formula is C54H63NO9. The standard InChI is InChI=1S/C54H63NO9/c1-3-5-7-9-11-13-15-17-38-60-46-30-24-42(25-31-46)52(57)62-48-34-22-41(23-35-48)51(56)55-45-20-19-21-50(40-45)64-54(59)44-28-36-49(37-29-44)63-53(58)43-26-32-47(33-27-43)61-39-18-16-14-12-10-8-6-4-2/h19-37,40H,3-18,38-39H2,1-2H3,(H,55,56). The molecule has 0 unspecified atom stereocenters. The number of hydrogen-bond donors (Lipinski definition) is 1. The summed E-state index contributed by atoms with van der Waals surface area (Å²) in [7, 11) is 0. The first kappa shape index (κ1) is 48.6. The molecule has 0 aliphatic carbocycles. The lowest BCUT2D eigenvalue weighted by Gasteiger charge is -2.10. The summed E-state index contributed by atoms with van der Waals surface area (Å²) in [6.45, 7) is 5.74. The number of esters is 3. The van der Waals surface area contributed by atoms with Crippen LogP contribution < -0.4 is 29.0 Å². The highest BCUT2D eigenvalue weighted by Crippen LogP contribution is 2.23. The molecule has 0 saturated carbocycles. The minimum Gasteiger partial charge on any atom is -0.494 e. The minimum atomic E-state index is -0.632. The van der Waals surface area contributed by atoms with Crippen LogP contribution in [-0.2, 0) is 0 Å². The highest BCUT2D eigenvalue weighted by molar-refractivity contribution is 6.04. The molecule has 0 radical (unpaired) electrons. The SMILES string of the molecule is CCCCCCCCCCOc1ccc(C(=O)Oc2ccc(C(=O)Nc3cccc(OC(=O)c4ccc(OC(=O)c5ccc(OCCCCCCCCCC)cc5)cc4)c3)cc2)cc1. The van der Waals surface area contributed by atoms with Gasteiger partial charge in [0, 0.05) is 17.3 Å². The van der Waals surface area contributed by atoms with Gasteiger partial charge < -0.3 is 29.0 Å². The smallest absolute Gasteiger partial charge is 0.343 e. The molecule has 1 N–H and O–H groups in total. The van der Waals surface area contributed by atoms with Crippen molar-refractivity contribution in [1.82, 2.24) is 0 Å². The van der Waals surface area contributed by atoms with Gasteiger partial charge in [-0.15, -0.1) is 0 Å². The maximum absolute atomic E-state index is 13.1. The van der Waals surface area contributed by atoms with Crippen LogP contribution >= 0.6 is 0 Å². The molecule has 0 saturated heterocycles. The Hall–Kier alpha value is -6.42. The highest BCUT2D eigenvalue weighted by Gasteiger charge is 2.15. The summed E-state index contributed by atoms with van der Waals surface area (Å²) in [5.41, 5.74) is 1.73. The number of benzene rings is 5. The lowest BCUT2D eigenvalue weighted by atomic mass is 10.1. The van der Waals surface area contributed by atoms with Crippen molar-refractivity contribution in [3.8, 4) is 28.7 Å². The van der Waals surface area contributed by atoms with E-state index in [1.54, 1.807) is 91.0 Å². The van der Waals surface area contributed by atoms with E-state index in [4.69, 9.17) is 23.7 Å². The van der Waals surface area contributed by atoms with Gasteiger partial charge in [-0.2, -0.15) is 0 Å². The van der Waals surface area contributed by atoms with Gasteiger partial charge in [-0.3, -0.25) is 4.79 Å². The van der Waals surface area contributed by atoms with E-state index in [1.165, 1.54) is 107 Å². The van der Waals surface area contributed by atoms with Crippen molar-refractivity contribution in [2.75, 3.05) is 18.5 Å². The number of carbonyl (C=O) groups excluding carboxylic acids is 4. The zero-order valence-electron chi connectivity index (χ0n) is 37.4. The van der Waals surface area contributed by atoms with Crippen LogP contribution in [0.3, 0.4) is 0 Å². The number of amides is 1. The average molecular weight is 870 g/mol. The Morgan fingerprint density at radius 3 is 1.12 bits per heavy atom. The van der Waals surface area contributed by atoms with E-state index in [9.17, 15) is 19.2 Å². The first-order chi connectivity index (χ1) is 31.3. The van der Waals surface area contributed by atoms with Crippen LogP contribution in [0.25, 0.3) is 0 Å². The van der Waals surface area contributed by atoms with Crippen molar-refractivity contribution in [3.05, 3.63) is 144 Å². The Balaban J connectivity index is 1.00. The molecule has 0 heterocycles. The average Bonchev–Trinajstić information content (AvgIpc) is 3.31. The van der Waals surface area contributed by atoms with Crippen molar-refractivity contribution >= 4 is 29.5 Å². The van der Waals surface area contributed by atoms with Gasteiger partial charge >= 0.3 is 17.9 Å². The lowest BCUT2D eigenvalue weighted by Crippen LogP contribution is -2.13. The summed E-state index contributed by atoms with van der Waals surface area (Å²) in [5.74, 6) is 0.0879. The van der Waals surface area contributed by atoms with Crippen LogP contribution in [0.4, 0.5) is 5.69 Å². The molecule has 10 nitrogen and oxygen atoms in total. The number of unbranched alkanes of at least 4 members (excludes halogenated alkanes) is 14. The highest BCUT2D eigenvalue weighted by atomic mass is 16.5. The number of hydrogen-bond acceptors (Lipinski definition) is 9. The van der Waals surface area contributed by atoms with E-state index in [0.29, 0.717) is 47.1 Å². The second kappa shape index (κ2) is 27.6. The van der Waals surface area contributed by atoms with Crippen LogP contribution in [-0.4, -0.2) is 37.0 Å². The largest absolute Gasteiger partial charge is 0.494 e. The molecule has 5 aromatic carbocycles. The van der Waals surface area contributed by atoms with Crippen molar-refractivity contribution in [2.45, 2.75) is 117 Å². The topological polar surface area (TPSA) is 126 Å². The minimum absolute atomic E-state index is 0.217. The third-order valence-corrected chi connectivity index (χ3v) is 10.6. The van der Waals surface area contributed by atoms with E-state index >= 15 is 0 Å². The van der Waals surface area contributed by atoms with Crippen molar-refractivity contribution in [2.24, 2.45) is 0 Å². The first-order valence-electron chi connectivity index (χ1n) is 23.0. The zero-order chi connectivity index (χ0) is 45.2. The molecule has 0 bridgehead atoms. The molecule has 338 valence electrons. The van der Waals surface area contributed by atoms with E-state index in [0.717, 1.165) is 25.7 Å². The summed E-state index contributed by atoms with van der Waals surface area (Å²) in [4.78, 5) is 51.6. The maximum atomic E-state index is 13.1. The molecule has 0 fully saturated rings. The molecule has 0 spiro atoms. The molecule has 5 aromatic rings. The number of anilines is 1. The molecule has 0 aliphatic heterocycles. The number of carbonyl (C=O) groups is 4. The van der Waals surface area contributed by atoms with Crippen LogP contribution in [0.15, 0.2) is 121 Å². The van der Waals surface area contributed by atoms with Crippen LogP contribution in [0, 0.1) is 0 Å². The van der Waals surface area contributed by atoms with E-state index in [-0.39, 0.29) is 22.8 Å². The third-order valence-electron chi connectivity index (χ3n) is 10.6. The van der Waals surface area contributed by atoms with Gasteiger partial charge in [-0.1, -0.05) is 110 Å². The molecule has 0 atom stereocenters. The molecule has 1 amide bonds. The number of ether oxygens (including phenoxy) is 5. The normalized spacial score (nSPS) is 10.8. The molecule has 5 rings (SSSR count). The zero-order valence-corrected chi connectivity index (χ0v) is 37.4. The van der Waals surface area contributed by atoms with Gasteiger partial charge in [0.25, 0.3) is 5.91 Å². The second-order valence-corrected chi connectivity index (χ2v) is 15.9. The van der Waals surface area contributed by atoms with E-state index < -0.39 is 23.8 Å². The Kier molecular flexibility index (Phi) is 21.0. The fourth-order valence-electron chi connectivity index (χ4n) is 6.90. The fourth-order valence-corrected chi connectivity index (χ4v) is 6.90. The van der Waals surface area contributed by atoms with Gasteiger partial charge in [0.05, 0.1) is 29.9 Å². The summed E-state index contributed by atoms with van der Waals surface area (Å²) in [6.07, 6.45) is 19.7. The van der Waals surface area contributed by atoms with Crippen molar-refractivity contribution < 1.29 is 42.9 Å². The summed E-state index contributed by atoms with van der Waals surface area (Å²) < 4.78 is 28.3. The predicted octanol–water partition coefficient (Wildman–Crippen LogP) is 13.6. The van der Waals surface area contributed by atoms with Crippen molar-refractivity contribution in [1.29, 1.82) is 0 Å². The molecule has 10 heteroatoms. The van der Waals surface area contributed by atoms with E-state index in [2.05, 4.69) is 19.2 Å². The Labute approximate surface area is 378 Å². The molecular weight excluding hydrogens is 807 g/mol. The van der Waals surface area contributed by atoms with Crippen LogP contribution in [0.5, 0.6) is 28.7 Å². The third kappa shape index (κ3) is 17.4. The quantitative estimate of drug-likeness (QED) is 0.0297. The van der Waals surface area contributed by atoms with Gasteiger partial charge in [-0.25, -0.2) is 14.4 Å². The monoisotopic (exact) mass is 869 g/mol. The molecule has 0 aromatic heterocycles. The lowest BCUT2D eigenvalue weighted by molar-refractivity contribution is 0.0723. The number of rotatable bonds is 28. The summed E-state index contributed by atoms with van der Waals surface area (Å²) in [5, 5.41) is 2.80. The van der Waals surface area contributed by atoms with Gasteiger partial charge in [0.2, 0.25) is 0 Å². The Bertz CT molecular complexity index is 2010. The summed E-state index contributed by atoms with van der Waals surface area (Å²) in [6, 6.07) is 32.4. The van der Waals surface area contributed by atoms with Crippen LogP contribution in [0.1, 0.15) is 158 Å². The van der Waals surface area contributed by atoms with Gasteiger partial charge in [0.1, 0.15) is 28.7 Å². The fraction of sp³-hybridized carbons (Fsp3) is 0.370. The van der Waals surface area contributed by atoms with Crippen molar-refractivity contribution in [3.63, 3.8) is 0 Å². The van der Waals surface area contributed by atoms with E-state index in [1.807, 2.05) is 0 Å². The Morgan fingerprint density at radius 2 is 0.719 bits per heavy atom. The van der Waals surface area contributed by atoms with Crippen LogP contribution in [0.2, 0.25) is 0 Å². The van der Waals surface area contributed by atoms with Gasteiger partial charge in [0.15, 0.2) is 0 Å². The Morgan fingerprint density at radius 1 is 0.375 bits per heavy atom. The maximum Gasteiger partial charge on any atom is 0.343 e. The molecule has 64 heavy (non-hydrogen) atoms. The first-order valence-corrected chi connectivity index (χ1v) is 23.0.